The monoisotopic (exact) mass is 434 g/mol. The van der Waals surface area contributed by atoms with E-state index in [9.17, 15) is 9.59 Å². The summed E-state index contributed by atoms with van der Waals surface area (Å²) >= 11 is 0. The van der Waals surface area contributed by atoms with E-state index < -0.39 is 6.04 Å². The number of amides is 2. The molecule has 0 aromatic heterocycles. The normalized spacial score (nSPS) is 20.4. The molecular weight excluding hydrogens is 400 g/mol. The summed E-state index contributed by atoms with van der Waals surface area (Å²) < 4.78 is 16.1. The van der Waals surface area contributed by atoms with Crippen molar-refractivity contribution in [3.63, 3.8) is 0 Å². The number of carbonyl (C=O) groups excluding carboxylic acids is 2. The minimum Gasteiger partial charge on any atom is -0.493 e. The number of nitrogens with one attached hydrogen (secondary N) is 1. The minimum absolute atomic E-state index is 0.0241. The number of para-hydroxylation sites is 1. The van der Waals surface area contributed by atoms with Crippen LogP contribution in [0.25, 0.3) is 0 Å². The molecule has 0 unspecified atom stereocenters. The Bertz CT molecular complexity index is 751. The molecule has 0 saturated carbocycles. The molecule has 172 valence electrons. The van der Waals surface area contributed by atoms with E-state index >= 15 is 0 Å². The van der Waals surface area contributed by atoms with E-state index in [0.717, 1.165) is 25.2 Å². The molecule has 1 aromatic carbocycles. The Labute approximate surface area is 184 Å². The number of nitrogens with zero attached hydrogens (tertiary/aromatic N) is 3. The van der Waals surface area contributed by atoms with Crippen molar-refractivity contribution in [2.45, 2.75) is 19.0 Å². The van der Waals surface area contributed by atoms with Gasteiger partial charge in [0.25, 0.3) is 0 Å². The lowest BCUT2D eigenvalue weighted by atomic mass is 10.0. The van der Waals surface area contributed by atoms with Gasteiger partial charge in [0, 0.05) is 65.0 Å². The largest absolute Gasteiger partial charge is 0.493 e. The standard InChI is InChI=1S/C22H34N4O5/c1-29-14-13-24-9-11-25(12-10-24)20(27)15-18-22(28)23-7-8-26(18)16-17-5-4-6-19(30-2)21(17)31-3/h4-6,18H,7-16H2,1-3H3,(H,23,28)/t18-/m0/s1. The first kappa shape index (κ1) is 23.3. The Morgan fingerprint density at radius 3 is 2.55 bits per heavy atom. The Morgan fingerprint density at radius 2 is 1.87 bits per heavy atom. The predicted molar refractivity (Wildman–Crippen MR) is 116 cm³/mol. The number of carbonyl (C=O) groups is 2. The number of hydrogen-bond donors (Lipinski definition) is 1. The average Bonchev–Trinajstić information content (AvgIpc) is 2.79. The van der Waals surface area contributed by atoms with E-state index in [-0.39, 0.29) is 18.2 Å². The summed E-state index contributed by atoms with van der Waals surface area (Å²) in [6.07, 6.45) is 0.177. The summed E-state index contributed by atoms with van der Waals surface area (Å²) in [5.41, 5.74) is 0.931. The maximum Gasteiger partial charge on any atom is 0.237 e. The molecule has 2 aliphatic heterocycles. The van der Waals surface area contributed by atoms with Gasteiger partial charge >= 0.3 is 0 Å². The lowest BCUT2D eigenvalue weighted by Crippen LogP contribution is -2.57. The van der Waals surface area contributed by atoms with Gasteiger partial charge in [-0.1, -0.05) is 12.1 Å². The van der Waals surface area contributed by atoms with E-state index in [0.29, 0.717) is 50.8 Å². The van der Waals surface area contributed by atoms with Crippen molar-refractivity contribution in [3.05, 3.63) is 23.8 Å². The first-order chi connectivity index (χ1) is 15.1. The molecule has 0 radical (unpaired) electrons. The van der Waals surface area contributed by atoms with Gasteiger partial charge in [0.1, 0.15) is 0 Å². The maximum atomic E-state index is 13.0. The van der Waals surface area contributed by atoms with Crippen LogP contribution in [0.4, 0.5) is 0 Å². The van der Waals surface area contributed by atoms with Crippen LogP contribution < -0.4 is 14.8 Å². The van der Waals surface area contributed by atoms with Crippen LogP contribution in [-0.4, -0.2) is 106 Å². The van der Waals surface area contributed by atoms with Gasteiger partial charge in [-0.2, -0.15) is 0 Å². The van der Waals surface area contributed by atoms with Crippen LogP contribution in [0.2, 0.25) is 0 Å². The van der Waals surface area contributed by atoms with Crippen molar-refractivity contribution < 1.29 is 23.8 Å². The highest BCUT2D eigenvalue weighted by atomic mass is 16.5. The number of piperazine rings is 2. The molecule has 2 aliphatic rings. The third-order valence-corrected chi connectivity index (χ3v) is 6.00. The van der Waals surface area contributed by atoms with Crippen LogP contribution in [0.5, 0.6) is 11.5 Å². The van der Waals surface area contributed by atoms with Crippen LogP contribution in [0.1, 0.15) is 12.0 Å². The van der Waals surface area contributed by atoms with Gasteiger partial charge in [-0.25, -0.2) is 0 Å². The third-order valence-electron chi connectivity index (χ3n) is 6.00. The Kier molecular flexibility index (Phi) is 8.51. The zero-order valence-corrected chi connectivity index (χ0v) is 18.8. The van der Waals surface area contributed by atoms with Gasteiger partial charge in [0.05, 0.1) is 33.3 Å². The number of hydrogen-bond acceptors (Lipinski definition) is 7. The van der Waals surface area contributed by atoms with Crippen LogP contribution in [0.15, 0.2) is 18.2 Å². The predicted octanol–water partition coefficient (Wildman–Crippen LogP) is 0.185. The van der Waals surface area contributed by atoms with Crippen LogP contribution in [0.3, 0.4) is 0 Å². The molecule has 1 N–H and O–H groups in total. The molecule has 0 bridgehead atoms. The molecule has 2 amide bonds. The maximum absolute atomic E-state index is 13.0. The van der Waals surface area contributed by atoms with Crippen molar-refractivity contribution in [3.8, 4) is 11.5 Å². The fourth-order valence-corrected chi connectivity index (χ4v) is 4.21. The van der Waals surface area contributed by atoms with Crippen LogP contribution in [-0.2, 0) is 20.9 Å². The van der Waals surface area contributed by atoms with E-state index in [4.69, 9.17) is 14.2 Å². The summed E-state index contributed by atoms with van der Waals surface area (Å²) in [6, 6.07) is 5.22. The second-order valence-electron chi connectivity index (χ2n) is 7.85. The molecule has 0 spiro atoms. The summed E-state index contributed by atoms with van der Waals surface area (Å²) in [5, 5.41) is 2.91. The lowest BCUT2D eigenvalue weighted by Gasteiger charge is -2.38. The molecule has 1 atom stereocenters. The average molecular weight is 435 g/mol. The quantitative estimate of drug-likeness (QED) is 0.594. The Balaban J connectivity index is 1.64. The third kappa shape index (κ3) is 5.87. The van der Waals surface area contributed by atoms with Gasteiger partial charge in [-0.15, -0.1) is 0 Å². The fraction of sp³-hybridized carbons (Fsp3) is 0.636. The highest BCUT2D eigenvalue weighted by Crippen LogP contribution is 2.32. The number of ether oxygens (including phenoxy) is 3. The Hall–Kier alpha value is -2.36. The lowest BCUT2D eigenvalue weighted by molar-refractivity contribution is -0.140. The fourth-order valence-electron chi connectivity index (χ4n) is 4.21. The van der Waals surface area contributed by atoms with Crippen molar-refractivity contribution >= 4 is 11.8 Å². The SMILES string of the molecule is COCCN1CCN(C(=O)C[C@H]2C(=O)NCCN2Cc2cccc(OC)c2OC)CC1. The summed E-state index contributed by atoms with van der Waals surface area (Å²) in [4.78, 5) is 31.9. The minimum atomic E-state index is -0.497. The van der Waals surface area contributed by atoms with Crippen molar-refractivity contribution in [1.82, 2.24) is 20.0 Å². The smallest absolute Gasteiger partial charge is 0.237 e. The van der Waals surface area contributed by atoms with Gasteiger partial charge in [-0.05, 0) is 6.07 Å². The zero-order valence-electron chi connectivity index (χ0n) is 18.8. The van der Waals surface area contributed by atoms with Gasteiger partial charge < -0.3 is 24.4 Å². The van der Waals surface area contributed by atoms with E-state index in [2.05, 4.69) is 15.1 Å². The molecule has 2 saturated heterocycles. The second-order valence-corrected chi connectivity index (χ2v) is 7.85. The summed E-state index contributed by atoms with van der Waals surface area (Å²) in [5.74, 6) is 1.24. The topological polar surface area (TPSA) is 83.6 Å². The van der Waals surface area contributed by atoms with Gasteiger partial charge in [-0.3, -0.25) is 19.4 Å². The van der Waals surface area contributed by atoms with Crippen molar-refractivity contribution in [1.29, 1.82) is 0 Å². The molecule has 9 heteroatoms. The van der Waals surface area contributed by atoms with E-state index in [1.807, 2.05) is 23.1 Å². The molecule has 3 rings (SSSR count). The first-order valence-corrected chi connectivity index (χ1v) is 10.8. The molecule has 9 nitrogen and oxygen atoms in total. The second kappa shape index (κ2) is 11.3. The molecule has 0 aliphatic carbocycles. The summed E-state index contributed by atoms with van der Waals surface area (Å²) in [6.45, 7) is 6.34. The van der Waals surface area contributed by atoms with Gasteiger partial charge in [0.2, 0.25) is 11.8 Å². The van der Waals surface area contributed by atoms with Crippen LogP contribution in [0, 0.1) is 0 Å². The van der Waals surface area contributed by atoms with Crippen molar-refractivity contribution in [2.24, 2.45) is 0 Å². The highest BCUT2D eigenvalue weighted by Gasteiger charge is 2.34. The van der Waals surface area contributed by atoms with Gasteiger partial charge in [0.15, 0.2) is 11.5 Å². The van der Waals surface area contributed by atoms with E-state index in [1.54, 1.807) is 21.3 Å². The van der Waals surface area contributed by atoms with Crippen molar-refractivity contribution in [2.75, 3.05) is 73.7 Å². The van der Waals surface area contributed by atoms with Crippen LogP contribution >= 0.6 is 0 Å². The Morgan fingerprint density at radius 1 is 1.10 bits per heavy atom. The molecular formula is C22H34N4O5. The highest BCUT2D eigenvalue weighted by molar-refractivity contribution is 5.89. The number of methoxy groups -OCH3 is 3. The zero-order chi connectivity index (χ0) is 22.2. The number of benzene rings is 1. The molecule has 31 heavy (non-hydrogen) atoms. The molecule has 2 fully saturated rings. The molecule has 1 aromatic rings. The molecule has 2 heterocycles. The van der Waals surface area contributed by atoms with E-state index in [1.165, 1.54) is 0 Å². The first-order valence-electron chi connectivity index (χ1n) is 10.8. The summed E-state index contributed by atoms with van der Waals surface area (Å²) in [7, 11) is 4.91. The number of rotatable bonds is 9.